The predicted molar refractivity (Wildman–Crippen MR) is 63.1 cm³/mol. The Hall–Kier alpha value is -1.03. The van der Waals surface area contributed by atoms with E-state index >= 15 is 0 Å². The number of hydrogen-bond donors (Lipinski definition) is 1. The molecule has 0 aromatic carbocycles. The zero-order valence-electron chi connectivity index (χ0n) is 9.70. The second-order valence-electron chi connectivity index (χ2n) is 3.83. The number of nitrogens with zero attached hydrogens (tertiary/aromatic N) is 2. The van der Waals surface area contributed by atoms with Gasteiger partial charge in [0.2, 0.25) is 0 Å². The lowest BCUT2D eigenvalue weighted by Crippen LogP contribution is -2.41. The van der Waals surface area contributed by atoms with E-state index in [0.717, 1.165) is 38.7 Å². The molecule has 1 saturated heterocycles. The summed E-state index contributed by atoms with van der Waals surface area (Å²) in [6, 6.07) is 0. The Bertz CT molecular complexity index is 222. The van der Waals surface area contributed by atoms with Crippen molar-refractivity contribution in [3.8, 4) is 0 Å². The molecule has 86 valence electrons. The molecule has 1 aliphatic rings. The van der Waals surface area contributed by atoms with Crippen molar-refractivity contribution in [1.82, 2.24) is 10.2 Å². The number of guanidine groups is 1. The van der Waals surface area contributed by atoms with Crippen LogP contribution in [0.4, 0.5) is 0 Å². The van der Waals surface area contributed by atoms with Gasteiger partial charge in [0, 0.05) is 39.7 Å². The molecule has 4 nitrogen and oxygen atoms in total. The van der Waals surface area contributed by atoms with Crippen LogP contribution in [-0.2, 0) is 4.74 Å². The Morgan fingerprint density at radius 1 is 1.73 bits per heavy atom. The summed E-state index contributed by atoms with van der Waals surface area (Å²) in [6.07, 6.45) is 2.99. The van der Waals surface area contributed by atoms with Gasteiger partial charge in [-0.3, -0.25) is 4.99 Å². The maximum absolute atomic E-state index is 5.35. The second kappa shape index (κ2) is 6.45. The van der Waals surface area contributed by atoms with Crippen molar-refractivity contribution in [3.05, 3.63) is 12.7 Å². The number of nitrogens with one attached hydrogen (secondary N) is 1. The molecule has 1 heterocycles. The first-order valence-corrected chi connectivity index (χ1v) is 5.38. The molecule has 0 radical (unpaired) electrons. The van der Waals surface area contributed by atoms with E-state index in [1.807, 2.05) is 6.08 Å². The van der Waals surface area contributed by atoms with Crippen molar-refractivity contribution in [2.75, 3.05) is 40.4 Å². The summed E-state index contributed by atoms with van der Waals surface area (Å²) >= 11 is 0. The van der Waals surface area contributed by atoms with Crippen LogP contribution in [0.2, 0.25) is 0 Å². The fourth-order valence-electron chi connectivity index (χ4n) is 1.75. The fourth-order valence-corrected chi connectivity index (χ4v) is 1.75. The number of aliphatic imine (C=N–C) groups is 1. The van der Waals surface area contributed by atoms with Crippen LogP contribution in [0.15, 0.2) is 17.6 Å². The smallest absolute Gasteiger partial charge is 0.193 e. The molecule has 0 aromatic rings. The molecule has 1 fully saturated rings. The second-order valence-corrected chi connectivity index (χ2v) is 3.83. The van der Waals surface area contributed by atoms with Crippen molar-refractivity contribution >= 4 is 5.96 Å². The molecular weight excluding hydrogens is 190 g/mol. The van der Waals surface area contributed by atoms with E-state index in [2.05, 4.69) is 28.8 Å². The molecule has 1 N–H and O–H groups in total. The van der Waals surface area contributed by atoms with Gasteiger partial charge in [0.25, 0.3) is 0 Å². The first kappa shape index (κ1) is 12.0. The molecule has 4 heteroatoms. The van der Waals surface area contributed by atoms with Crippen molar-refractivity contribution in [1.29, 1.82) is 0 Å². The van der Waals surface area contributed by atoms with Gasteiger partial charge in [-0.1, -0.05) is 6.08 Å². The van der Waals surface area contributed by atoms with E-state index in [1.54, 1.807) is 7.05 Å². The maximum Gasteiger partial charge on any atom is 0.193 e. The van der Waals surface area contributed by atoms with Gasteiger partial charge in [-0.25, -0.2) is 0 Å². The number of hydrogen-bond acceptors (Lipinski definition) is 2. The van der Waals surface area contributed by atoms with Gasteiger partial charge in [0.1, 0.15) is 0 Å². The zero-order chi connectivity index (χ0) is 11.1. The van der Waals surface area contributed by atoms with Gasteiger partial charge in [0.15, 0.2) is 5.96 Å². The van der Waals surface area contributed by atoms with Gasteiger partial charge in [-0.15, -0.1) is 6.58 Å². The van der Waals surface area contributed by atoms with Crippen LogP contribution in [0.5, 0.6) is 0 Å². The van der Waals surface area contributed by atoms with Gasteiger partial charge >= 0.3 is 0 Å². The topological polar surface area (TPSA) is 36.9 Å². The normalized spacial score (nSPS) is 21.5. The Labute approximate surface area is 92.0 Å². The average Bonchev–Trinajstić information content (AvgIpc) is 2.71. The van der Waals surface area contributed by atoms with Crippen molar-refractivity contribution < 1.29 is 4.74 Å². The molecule has 1 aliphatic heterocycles. The van der Waals surface area contributed by atoms with Crippen LogP contribution in [-0.4, -0.2) is 51.3 Å². The van der Waals surface area contributed by atoms with Gasteiger partial charge < -0.3 is 15.0 Å². The van der Waals surface area contributed by atoms with Gasteiger partial charge in [0.05, 0.1) is 6.61 Å². The highest BCUT2D eigenvalue weighted by Gasteiger charge is 2.18. The average molecular weight is 211 g/mol. The minimum Gasteiger partial charge on any atom is -0.381 e. The lowest BCUT2D eigenvalue weighted by molar-refractivity contribution is 0.181. The van der Waals surface area contributed by atoms with Crippen LogP contribution in [0.1, 0.15) is 6.42 Å². The van der Waals surface area contributed by atoms with Crippen LogP contribution in [0.3, 0.4) is 0 Å². The van der Waals surface area contributed by atoms with Crippen molar-refractivity contribution in [3.63, 3.8) is 0 Å². The SMILES string of the molecule is C=CCNC(=NC)N(C)CC1CCOC1. The summed E-state index contributed by atoms with van der Waals surface area (Å²) in [4.78, 5) is 6.35. The van der Waals surface area contributed by atoms with E-state index in [1.165, 1.54) is 0 Å². The zero-order valence-corrected chi connectivity index (χ0v) is 9.70. The quantitative estimate of drug-likeness (QED) is 0.423. The molecule has 15 heavy (non-hydrogen) atoms. The predicted octanol–water partition coefficient (Wildman–Crippen LogP) is 0.716. The molecule has 0 bridgehead atoms. The van der Waals surface area contributed by atoms with Crippen LogP contribution in [0, 0.1) is 5.92 Å². The van der Waals surface area contributed by atoms with E-state index in [9.17, 15) is 0 Å². The minimum atomic E-state index is 0.636. The third-order valence-electron chi connectivity index (χ3n) is 2.53. The lowest BCUT2D eigenvalue weighted by Gasteiger charge is -2.24. The van der Waals surface area contributed by atoms with E-state index in [4.69, 9.17) is 4.74 Å². The number of ether oxygens (including phenoxy) is 1. The molecule has 0 saturated carbocycles. The minimum absolute atomic E-state index is 0.636. The molecule has 1 rings (SSSR count). The Kier molecular flexibility index (Phi) is 5.18. The molecule has 0 amide bonds. The summed E-state index contributed by atoms with van der Waals surface area (Å²) in [5, 5.41) is 3.21. The van der Waals surface area contributed by atoms with E-state index in [0.29, 0.717) is 5.92 Å². The Morgan fingerprint density at radius 3 is 3.07 bits per heavy atom. The summed E-state index contributed by atoms with van der Waals surface area (Å²) in [5.74, 6) is 1.55. The monoisotopic (exact) mass is 211 g/mol. The van der Waals surface area contributed by atoms with Crippen LogP contribution >= 0.6 is 0 Å². The third kappa shape index (κ3) is 3.91. The molecule has 0 aromatic heterocycles. The van der Waals surface area contributed by atoms with Crippen LogP contribution in [0.25, 0.3) is 0 Å². The van der Waals surface area contributed by atoms with Crippen molar-refractivity contribution in [2.45, 2.75) is 6.42 Å². The Morgan fingerprint density at radius 2 is 2.53 bits per heavy atom. The summed E-state index contributed by atoms with van der Waals surface area (Å²) in [5.41, 5.74) is 0. The first-order valence-electron chi connectivity index (χ1n) is 5.38. The largest absolute Gasteiger partial charge is 0.381 e. The van der Waals surface area contributed by atoms with Gasteiger partial charge in [-0.2, -0.15) is 0 Å². The van der Waals surface area contributed by atoms with E-state index < -0.39 is 0 Å². The standard InChI is InChI=1S/C11H21N3O/c1-4-6-13-11(12-2)14(3)8-10-5-7-15-9-10/h4,10H,1,5-9H2,2-3H3,(H,12,13). The summed E-state index contributed by atoms with van der Waals surface area (Å²) in [6.45, 7) is 7.20. The molecule has 1 unspecified atom stereocenters. The molecule has 1 atom stereocenters. The molecule has 0 spiro atoms. The first-order chi connectivity index (χ1) is 7.27. The third-order valence-corrected chi connectivity index (χ3v) is 2.53. The van der Waals surface area contributed by atoms with Gasteiger partial charge in [-0.05, 0) is 6.42 Å². The molecule has 0 aliphatic carbocycles. The maximum atomic E-state index is 5.35. The lowest BCUT2D eigenvalue weighted by atomic mass is 10.1. The van der Waals surface area contributed by atoms with Crippen molar-refractivity contribution in [2.24, 2.45) is 10.9 Å². The van der Waals surface area contributed by atoms with Crippen LogP contribution < -0.4 is 5.32 Å². The molecular formula is C11H21N3O. The Balaban J connectivity index is 2.34. The summed E-state index contributed by atoms with van der Waals surface area (Å²) in [7, 11) is 3.85. The fraction of sp³-hybridized carbons (Fsp3) is 0.727. The summed E-state index contributed by atoms with van der Waals surface area (Å²) < 4.78 is 5.35. The number of rotatable bonds is 4. The highest BCUT2D eigenvalue weighted by atomic mass is 16.5. The highest BCUT2D eigenvalue weighted by molar-refractivity contribution is 5.79. The highest BCUT2D eigenvalue weighted by Crippen LogP contribution is 2.12. The van der Waals surface area contributed by atoms with E-state index in [-0.39, 0.29) is 0 Å².